The monoisotopic (exact) mass is 314 g/mol. The first kappa shape index (κ1) is 16.0. The summed E-state index contributed by atoms with van der Waals surface area (Å²) in [5.74, 6) is -0.0265. The average molecular weight is 314 g/mol. The molecule has 1 aromatic rings. The molecule has 0 bridgehead atoms. The summed E-state index contributed by atoms with van der Waals surface area (Å²) in [7, 11) is 0. The van der Waals surface area contributed by atoms with Gasteiger partial charge in [-0.3, -0.25) is 9.59 Å². The van der Waals surface area contributed by atoms with Crippen LogP contribution in [0.25, 0.3) is 0 Å². The zero-order chi connectivity index (χ0) is 16.3. The summed E-state index contributed by atoms with van der Waals surface area (Å²) >= 11 is 0. The second-order valence-corrected chi connectivity index (χ2v) is 6.81. The fourth-order valence-corrected chi connectivity index (χ4v) is 3.58. The van der Waals surface area contributed by atoms with E-state index >= 15 is 0 Å². The molecular weight excluding hydrogens is 288 g/mol. The highest BCUT2D eigenvalue weighted by atomic mass is 16.2. The van der Waals surface area contributed by atoms with Crippen LogP contribution in [-0.4, -0.2) is 29.3 Å². The Balaban J connectivity index is 1.63. The van der Waals surface area contributed by atoms with Crippen LogP contribution in [0.5, 0.6) is 0 Å². The Morgan fingerprint density at radius 3 is 2.61 bits per heavy atom. The number of carbonyl (C=O) groups is 2. The van der Waals surface area contributed by atoms with Gasteiger partial charge in [-0.1, -0.05) is 37.3 Å². The summed E-state index contributed by atoms with van der Waals surface area (Å²) < 4.78 is 0. The van der Waals surface area contributed by atoms with Crippen molar-refractivity contribution in [2.45, 2.75) is 58.0 Å². The molecule has 1 aliphatic heterocycles. The Labute approximate surface area is 138 Å². The molecular formula is C19H26N2O2. The predicted octanol–water partition coefficient (Wildman–Crippen LogP) is 2.87. The van der Waals surface area contributed by atoms with Gasteiger partial charge < -0.3 is 10.2 Å². The van der Waals surface area contributed by atoms with E-state index in [0.717, 1.165) is 31.4 Å². The molecule has 1 atom stereocenters. The van der Waals surface area contributed by atoms with Crippen molar-refractivity contribution in [1.29, 1.82) is 0 Å². The number of nitrogens with zero attached hydrogens (tertiary/aromatic N) is 1. The van der Waals surface area contributed by atoms with Crippen molar-refractivity contribution in [1.82, 2.24) is 10.2 Å². The number of piperidine rings is 1. The van der Waals surface area contributed by atoms with Crippen molar-refractivity contribution in [3.8, 4) is 0 Å². The molecule has 4 nitrogen and oxygen atoms in total. The van der Waals surface area contributed by atoms with E-state index < -0.39 is 5.41 Å². The van der Waals surface area contributed by atoms with Crippen molar-refractivity contribution < 1.29 is 9.59 Å². The van der Waals surface area contributed by atoms with Crippen molar-refractivity contribution in [2.75, 3.05) is 6.54 Å². The largest absolute Gasteiger partial charge is 0.351 e. The molecule has 23 heavy (non-hydrogen) atoms. The molecule has 0 spiro atoms. The van der Waals surface area contributed by atoms with Gasteiger partial charge in [-0.15, -0.1) is 0 Å². The normalized spacial score (nSPS) is 22.5. The van der Waals surface area contributed by atoms with E-state index in [1.165, 1.54) is 6.42 Å². The van der Waals surface area contributed by atoms with Crippen LogP contribution in [0.3, 0.4) is 0 Å². The first-order chi connectivity index (χ1) is 11.2. The highest BCUT2D eigenvalue weighted by Crippen LogP contribution is 2.48. The quantitative estimate of drug-likeness (QED) is 0.850. The summed E-state index contributed by atoms with van der Waals surface area (Å²) in [6.07, 6.45) is 5.69. The van der Waals surface area contributed by atoms with Crippen LogP contribution in [0.15, 0.2) is 30.3 Å². The highest BCUT2D eigenvalue weighted by molar-refractivity contribution is 6.08. The van der Waals surface area contributed by atoms with Crippen LogP contribution < -0.4 is 5.32 Å². The molecule has 2 amide bonds. The third-order valence-corrected chi connectivity index (χ3v) is 5.25. The molecule has 124 valence electrons. The van der Waals surface area contributed by atoms with Gasteiger partial charge in [-0.2, -0.15) is 0 Å². The average Bonchev–Trinajstić information content (AvgIpc) is 3.42. The van der Waals surface area contributed by atoms with Crippen LogP contribution in [0.2, 0.25) is 0 Å². The van der Waals surface area contributed by atoms with Gasteiger partial charge in [0.2, 0.25) is 11.8 Å². The number of nitrogens with one attached hydrogen (secondary N) is 1. The van der Waals surface area contributed by atoms with Crippen LogP contribution in [0, 0.1) is 5.41 Å². The molecule has 1 N–H and O–H groups in total. The standard InChI is InChI=1S/C19H26N2O2/c1-2-16-10-6-7-13-21(16)18(23)19(11-12-19)17(22)20-14-15-8-4-3-5-9-15/h3-5,8-9,16H,2,6-7,10-14H2,1H3,(H,20,22). The number of amides is 2. The Hall–Kier alpha value is -1.84. The summed E-state index contributed by atoms with van der Waals surface area (Å²) in [4.78, 5) is 27.6. The third kappa shape index (κ3) is 3.26. The molecule has 1 aromatic carbocycles. The van der Waals surface area contributed by atoms with E-state index in [-0.39, 0.29) is 11.8 Å². The number of likely N-dealkylation sites (tertiary alicyclic amines) is 1. The van der Waals surface area contributed by atoms with Gasteiger partial charge in [0, 0.05) is 19.1 Å². The van der Waals surface area contributed by atoms with Crippen molar-refractivity contribution >= 4 is 11.8 Å². The minimum absolute atomic E-state index is 0.0645. The number of hydrogen-bond acceptors (Lipinski definition) is 2. The zero-order valence-corrected chi connectivity index (χ0v) is 13.9. The lowest BCUT2D eigenvalue weighted by molar-refractivity contribution is -0.147. The maximum Gasteiger partial charge on any atom is 0.238 e. The van der Waals surface area contributed by atoms with E-state index in [4.69, 9.17) is 0 Å². The Morgan fingerprint density at radius 2 is 1.96 bits per heavy atom. The van der Waals surface area contributed by atoms with E-state index in [9.17, 15) is 9.59 Å². The van der Waals surface area contributed by atoms with Gasteiger partial charge in [-0.05, 0) is 44.1 Å². The van der Waals surface area contributed by atoms with Crippen LogP contribution in [0.1, 0.15) is 51.0 Å². The maximum absolute atomic E-state index is 13.0. The summed E-state index contributed by atoms with van der Waals surface area (Å²) in [5.41, 5.74) is 0.285. The van der Waals surface area contributed by atoms with Gasteiger partial charge in [0.1, 0.15) is 5.41 Å². The molecule has 4 heteroatoms. The molecule has 2 aliphatic rings. The topological polar surface area (TPSA) is 49.4 Å². The number of benzene rings is 1. The van der Waals surface area contributed by atoms with Crippen LogP contribution >= 0.6 is 0 Å². The smallest absolute Gasteiger partial charge is 0.238 e. The van der Waals surface area contributed by atoms with Crippen LogP contribution in [-0.2, 0) is 16.1 Å². The molecule has 2 fully saturated rings. The SMILES string of the molecule is CCC1CCCCN1C(=O)C1(C(=O)NCc2ccccc2)CC1. The molecule has 0 radical (unpaired) electrons. The minimum Gasteiger partial charge on any atom is -0.351 e. The number of hydrogen-bond donors (Lipinski definition) is 1. The van der Waals surface area contributed by atoms with E-state index in [2.05, 4.69) is 12.2 Å². The minimum atomic E-state index is -0.778. The van der Waals surface area contributed by atoms with Crippen LogP contribution in [0.4, 0.5) is 0 Å². The van der Waals surface area contributed by atoms with Crippen molar-refractivity contribution in [3.05, 3.63) is 35.9 Å². The molecule has 1 heterocycles. The summed E-state index contributed by atoms with van der Waals surface area (Å²) in [6.45, 7) is 3.43. The first-order valence-corrected chi connectivity index (χ1v) is 8.80. The lowest BCUT2D eigenvalue weighted by Crippen LogP contribution is -2.50. The van der Waals surface area contributed by atoms with E-state index in [1.807, 2.05) is 35.2 Å². The van der Waals surface area contributed by atoms with Crippen molar-refractivity contribution in [2.24, 2.45) is 5.41 Å². The zero-order valence-electron chi connectivity index (χ0n) is 13.9. The van der Waals surface area contributed by atoms with E-state index in [0.29, 0.717) is 25.4 Å². The lowest BCUT2D eigenvalue weighted by Gasteiger charge is -2.37. The number of carbonyl (C=O) groups excluding carboxylic acids is 2. The Kier molecular flexibility index (Phi) is 4.69. The van der Waals surface area contributed by atoms with Gasteiger partial charge in [-0.25, -0.2) is 0 Å². The van der Waals surface area contributed by atoms with Crippen molar-refractivity contribution in [3.63, 3.8) is 0 Å². The Morgan fingerprint density at radius 1 is 1.22 bits per heavy atom. The third-order valence-electron chi connectivity index (χ3n) is 5.25. The molecule has 1 unspecified atom stereocenters. The van der Waals surface area contributed by atoms with Gasteiger partial charge in [0.25, 0.3) is 0 Å². The fourth-order valence-electron chi connectivity index (χ4n) is 3.58. The predicted molar refractivity (Wildman–Crippen MR) is 89.6 cm³/mol. The summed E-state index contributed by atoms with van der Waals surface area (Å²) in [5, 5.41) is 2.97. The molecule has 1 aliphatic carbocycles. The second-order valence-electron chi connectivity index (χ2n) is 6.81. The maximum atomic E-state index is 13.0. The molecule has 3 rings (SSSR count). The molecule has 0 aromatic heterocycles. The Bertz CT molecular complexity index is 566. The van der Waals surface area contributed by atoms with Gasteiger partial charge >= 0.3 is 0 Å². The van der Waals surface area contributed by atoms with E-state index in [1.54, 1.807) is 0 Å². The van der Waals surface area contributed by atoms with Gasteiger partial charge in [0.05, 0.1) is 0 Å². The molecule has 1 saturated heterocycles. The van der Waals surface area contributed by atoms with Gasteiger partial charge in [0.15, 0.2) is 0 Å². The fraction of sp³-hybridized carbons (Fsp3) is 0.579. The lowest BCUT2D eigenvalue weighted by atomic mass is 9.95. The highest BCUT2D eigenvalue weighted by Gasteiger charge is 2.58. The first-order valence-electron chi connectivity index (χ1n) is 8.80. The summed E-state index contributed by atoms with van der Waals surface area (Å²) in [6, 6.07) is 10.2. The number of rotatable bonds is 5. The molecule has 1 saturated carbocycles. The second kappa shape index (κ2) is 6.73.